The van der Waals surface area contributed by atoms with Gasteiger partial charge in [-0.15, -0.1) is 0 Å². The lowest BCUT2D eigenvalue weighted by Gasteiger charge is -2.07. The second-order valence-electron chi connectivity index (χ2n) is 5.52. The third-order valence-electron chi connectivity index (χ3n) is 3.46. The largest absolute Gasteiger partial charge is 0.494 e. The molecule has 0 amide bonds. The number of nitrogens with zero attached hydrogens (tertiary/aromatic N) is 2. The van der Waals surface area contributed by atoms with Gasteiger partial charge >= 0.3 is 0 Å². The van der Waals surface area contributed by atoms with E-state index in [-0.39, 0.29) is 0 Å². The van der Waals surface area contributed by atoms with Gasteiger partial charge in [-0.3, -0.25) is 4.68 Å². The van der Waals surface area contributed by atoms with E-state index < -0.39 is 0 Å². The van der Waals surface area contributed by atoms with E-state index in [9.17, 15) is 0 Å². The van der Waals surface area contributed by atoms with E-state index in [0.29, 0.717) is 12.5 Å². The van der Waals surface area contributed by atoms with Crippen molar-refractivity contribution in [3.05, 3.63) is 47.3 Å². The maximum absolute atomic E-state index is 5.44. The van der Waals surface area contributed by atoms with Crippen molar-refractivity contribution in [3.63, 3.8) is 0 Å². The van der Waals surface area contributed by atoms with Gasteiger partial charge in [0.1, 0.15) is 5.75 Å². The number of rotatable bonds is 7. The summed E-state index contributed by atoms with van der Waals surface area (Å²) >= 11 is 0. The average Bonchev–Trinajstić information content (AvgIpc) is 2.83. The highest BCUT2D eigenvalue weighted by atomic mass is 16.5. The molecule has 4 nitrogen and oxygen atoms in total. The summed E-state index contributed by atoms with van der Waals surface area (Å²) in [5.74, 6) is 1.39. The molecule has 0 atom stereocenters. The normalized spacial score (nSPS) is 11.1. The molecule has 0 radical (unpaired) electrons. The first-order valence-electron chi connectivity index (χ1n) is 7.55. The van der Waals surface area contributed by atoms with Crippen LogP contribution in [0.5, 0.6) is 5.75 Å². The Morgan fingerprint density at radius 1 is 1.19 bits per heavy atom. The average molecular weight is 287 g/mol. The van der Waals surface area contributed by atoms with E-state index in [1.807, 2.05) is 30.8 Å². The van der Waals surface area contributed by atoms with Crippen LogP contribution in [0, 0.1) is 0 Å². The van der Waals surface area contributed by atoms with Crippen LogP contribution in [0.1, 0.15) is 43.6 Å². The first-order valence-corrected chi connectivity index (χ1v) is 7.55. The number of hydrogen-bond acceptors (Lipinski definition) is 3. The number of hydrogen-bond donors (Lipinski definition) is 1. The molecule has 0 fully saturated rings. The van der Waals surface area contributed by atoms with Crippen LogP contribution in [0.3, 0.4) is 0 Å². The first-order chi connectivity index (χ1) is 10.1. The van der Waals surface area contributed by atoms with Crippen molar-refractivity contribution in [1.29, 1.82) is 0 Å². The van der Waals surface area contributed by atoms with Crippen molar-refractivity contribution in [2.75, 3.05) is 6.61 Å². The number of nitrogens with one attached hydrogen (secondary N) is 1. The zero-order chi connectivity index (χ0) is 15.2. The molecule has 0 unspecified atom stereocenters. The van der Waals surface area contributed by atoms with E-state index >= 15 is 0 Å². The van der Waals surface area contributed by atoms with Gasteiger partial charge in [-0.2, -0.15) is 5.10 Å². The molecule has 4 heteroatoms. The van der Waals surface area contributed by atoms with Crippen LogP contribution in [-0.2, 0) is 20.1 Å². The molecular formula is C17H25N3O. The van der Waals surface area contributed by atoms with Crippen LogP contribution in [-0.4, -0.2) is 16.4 Å². The molecule has 0 saturated heterocycles. The third kappa shape index (κ3) is 4.33. The van der Waals surface area contributed by atoms with Crippen molar-refractivity contribution >= 4 is 0 Å². The van der Waals surface area contributed by atoms with E-state index in [0.717, 1.165) is 24.5 Å². The lowest BCUT2D eigenvalue weighted by molar-refractivity contribution is 0.340. The van der Waals surface area contributed by atoms with E-state index in [4.69, 9.17) is 4.74 Å². The van der Waals surface area contributed by atoms with Gasteiger partial charge in [0, 0.05) is 20.1 Å². The van der Waals surface area contributed by atoms with Crippen molar-refractivity contribution < 1.29 is 4.74 Å². The number of benzene rings is 1. The number of aryl methyl sites for hydroxylation is 1. The zero-order valence-corrected chi connectivity index (χ0v) is 13.4. The quantitative estimate of drug-likeness (QED) is 0.849. The van der Waals surface area contributed by atoms with Crippen LogP contribution >= 0.6 is 0 Å². The lowest BCUT2D eigenvalue weighted by atomic mass is 10.1. The molecule has 0 bridgehead atoms. The Labute approximate surface area is 127 Å². The third-order valence-corrected chi connectivity index (χ3v) is 3.46. The second kappa shape index (κ2) is 7.27. The maximum Gasteiger partial charge on any atom is 0.119 e. The summed E-state index contributed by atoms with van der Waals surface area (Å²) in [6, 6.07) is 10.4. The predicted molar refractivity (Wildman–Crippen MR) is 85.5 cm³/mol. The van der Waals surface area contributed by atoms with Gasteiger partial charge in [-0.1, -0.05) is 26.0 Å². The van der Waals surface area contributed by atoms with Crippen molar-refractivity contribution in [3.8, 4) is 5.75 Å². The van der Waals surface area contributed by atoms with Crippen LogP contribution in [0.4, 0.5) is 0 Å². The molecular weight excluding hydrogens is 262 g/mol. The van der Waals surface area contributed by atoms with Gasteiger partial charge in [-0.05, 0) is 36.6 Å². The molecule has 1 aromatic carbocycles. The van der Waals surface area contributed by atoms with Crippen molar-refractivity contribution in [2.24, 2.45) is 7.05 Å². The van der Waals surface area contributed by atoms with Crippen LogP contribution in [0.2, 0.25) is 0 Å². The van der Waals surface area contributed by atoms with Crippen LogP contribution < -0.4 is 10.1 Å². The SMILES string of the molecule is CCOc1ccc(CNCc2cc(C(C)C)nn2C)cc1. The van der Waals surface area contributed by atoms with Gasteiger partial charge in [0.15, 0.2) is 0 Å². The van der Waals surface area contributed by atoms with E-state index in [1.165, 1.54) is 11.3 Å². The van der Waals surface area contributed by atoms with Crippen LogP contribution in [0.15, 0.2) is 30.3 Å². The summed E-state index contributed by atoms with van der Waals surface area (Å²) in [4.78, 5) is 0. The molecule has 2 rings (SSSR count). The van der Waals surface area contributed by atoms with Gasteiger partial charge in [0.05, 0.1) is 18.0 Å². The predicted octanol–water partition coefficient (Wildman–Crippen LogP) is 3.23. The summed E-state index contributed by atoms with van der Waals surface area (Å²) in [7, 11) is 2.00. The zero-order valence-electron chi connectivity index (χ0n) is 13.4. The van der Waals surface area contributed by atoms with E-state index in [1.54, 1.807) is 0 Å². The highest BCUT2D eigenvalue weighted by Gasteiger charge is 2.07. The molecule has 21 heavy (non-hydrogen) atoms. The molecule has 0 saturated carbocycles. The minimum absolute atomic E-state index is 0.469. The maximum atomic E-state index is 5.44. The number of aromatic nitrogens is 2. The summed E-state index contributed by atoms with van der Waals surface area (Å²) in [5.41, 5.74) is 3.62. The Morgan fingerprint density at radius 3 is 2.48 bits per heavy atom. The fraction of sp³-hybridized carbons (Fsp3) is 0.471. The smallest absolute Gasteiger partial charge is 0.119 e. The Morgan fingerprint density at radius 2 is 1.90 bits per heavy atom. The fourth-order valence-electron chi connectivity index (χ4n) is 2.18. The van der Waals surface area contributed by atoms with Crippen molar-refractivity contribution in [2.45, 2.75) is 39.8 Å². The summed E-state index contributed by atoms with van der Waals surface area (Å²) in [5, 5.41) is 7.99. The highest BCUT2D eigenvalue weighted by molar-refractivity contribution is 5.27. The Bertz CT molecular complexity index is 558. The summed E-state index contributed by atoms with van der Waals surface area (Å²) < 4.78 is 7.40. The minimum Gasteiger partial charge on any atom is -0.494 e. The minimum atomic E-state index is 0.469. The summed E-state index contributed by atoms with van der Waals surface area (Å²) in [6.45, 7) is 8.70. The molecule has 0 aliphatic carbocycles. The van der Waals surface area contributed by atoms with Gasteiger partial charge in [-0.25, -0.2) is 0 Å². The first kappa shape index (κ1) is 15.6. The molecule has 0 aliphatic rings. The fourth-order valence-corrected chi connectivity index (χ4v) is 2.18. The van der Waals surface area contributed by atoms with Crippen LogP contribution in [0.25, 0.3) is 0 Å². The molecule has 1 heterocycles. The highest BCUT2D eigenvalue weighted by Crippen LogP contribution is 2.14. The standard InChI is InChI=1S/C17H25N3O/c1-5-21-16-8-6-14(7-9-16)11-18-12-15-10-17(13(2)3)19-20(15)4/h6-10,13,18H,5,11-12H2,1-4H3. The van der Waals surface area contributed by atoms with Crippen molar-refractivity contribution in [1.82, 2.24) is 15.1 Å². The molecule has 2 aromatic rings. The molecule has 1 N–H and O–H groups in total. The summed E-state index contributed by atoms with van der Waals surface area (Å²) in [6.07, 6.45) is 0. The monoisotopic (exact) mass is 287 g/mol. The van der Waals surface area contributed by atoms with Gasteiger partial charge in [0.2, 0.25) is 0 Å². The van der Waals surface area contributed by atoms with Gasteiger partial charge < -0.3 is 10.1 Å². The molecule has 0 spiro atoms. The molecule has 114 valence electrons. The molecule has 1 aromatic heterocycles. The number of ether oxygens (including phenoxy) is 1. The molecule has 0 aliphatic heterocycles. The second-order valence-corrected chi connectivity index (χ2v) is 5.52. The Hall–Kier alpha value is -1.81. The Balaban J connectivity index is 1.86. The van der Waals surface area contributed by atoms with E-state index in [2.05, 4.69) is 42.5 Å². The topological polar surface area (TPSA) is 39.1 Å². The van der Waals surface area contributed by atoms with Gasteiger partial charge in [0.25, 0.3) is 0 Å². The Kier molecular flexibility index (Phi) is 5.39. The lowest BCUT2D eigenvalue weighted by Crippen LogP contribution is -2.15.